The second-order valence-corrected chi connectivity index (χ2v) is 6.57. The highest BCUT2D eigenvalue weighted by Crippen LogP contribution is 2.32. The Bertz CT molecular complexity index is 1110. The fourth-order valence-corrected chi connectivity index (χ4v) is 3.18. The molecule has 7 nitrogen and oxygen atoms in total. The highest BCUT2D eigenvalue weighted by Gasteiger charge is 2.18. The van der Waals surface area contributed by atoms with Crippen molar-refractivity contribution in [3.8, 4) is 0 Å². The Kier molecular flexibility index (Phi) is 6.07. The topological polar surface area (TPSA) is 91.8 Å². The van der Waals surface area contributed by atoms with Crippen LogP contribution in [0.1, 0.15) is 37.5 Å². The lowest BCUT2D eigenvalue weighted by Gasteiger charge is -2.18. The minimum atomic E-state index is -0.446. The van der Waals surface area contributed by atoms with Gasteiger partial charge in [-0.1, -0.05) is 18.2 Å². The third-order valence-electron chi connectivity index (χ3n) is 4.48. The van der Waals surface area contributed by atoms with Crippen LogP contribution >= 0.6 is 0 Å². The van der Waals surface area contributed by atoms with Gasteiger partial charge in [0.25, 0.3) is 0 Å². The number of rotatable bonds is 6. The molecular weight excluding hydrogens is 374 g/mol. The highest BCUT2D eigenvalue weighted by molar-refractivity contribution is 6.07. The van der Waals surface area contributed by atoms with Crippen molar-refractivity contribution in [1.29, 1.82) is 0 Å². The fraction of sp³-hybridized carbons (Fsp3) is 0.273. The molecule has 0 unspecified atom stereocenters. The molecule has 0 radical (unpaired) electrons. The van der Waals surface area contributed by atoms with Crippen LogP contribution in [0, 0.1) is 0 Å². The molecule has 1 aromatic heterocycles. The summed E-state index contributed by atoms with van der Waals surface area (Å²) in [6.07, 6.45) is 1.71. The zero-order valence-corrected chi connectivity index (χ0v) is 16.5. The lowest BCUT2D eigenvalue weighted by atomic mass is 9.94. The fourth-order valence-electron chi connectivity index (χ4n) is 3.18. The first-order chi connectivity index (χ1) is 13.9. The number of benzene rings is 2. The van der Waals surface area contributed by atoms with Crippen LogP contribution in [0.2, 0.25) is 0 Å². The Balaban J connectivity index is 2.27. The minimum Gasteiger partial charge on any atom is -0.461 e. The number of carbonyl (C=O) groups excluding carboxylic acids is 3. The van der Waals surface area contributed by atoms with Crippen molar-refractivity contribution >= 4 is 39.6 Å². The van der Waals surface area contributed by atoms with Gasteiger partial charge in [-0.2, -0.15) is 0 Å². The molecule has 0 bridgehead atoms. The van der Waals surface area contributed by atoms with Crippen molar-refractivity contribution in [2.75, 3.05) is 0 Å². The Hall–Kier alpha value is -3.48. The van der Waals surface area contributed by atoms with Crippen LogP contribution in [0.25, 0.3) is 21.7 Å². The number of esters is 3. The Morgan fingerprint density at radius 1 is 0.759 bits per heavy atom. The predicted molar refractivity (Wildman–Crippen MR) is 106 cm³/mol. The molecule has 0 saturated carbocycles. The minimum absolute atomic E-state index is 0.00555. The van der Waals surface area contributed by atoms with E-state index < -0.39 is 17.9 Å². The molecule has 1 heterocycles. The molecule has 0 amide bonds. The number of hydrogen-bond donors (Lipinski definition) is 0. The first-order valence-electron chi connectivity index (χ1n) is 9.08. The highest BCUT2D eigenvalue weighted by atomic mass is 16.5. The van der Waals surface area contributed by atoms with E-state index in [2.05, 4.69) is 4.98 Å². The van der Waals surface area contributed by atoms with Gasteiger partial charge in [0.2, 0.25) is 0 Å². The molecule has 0 saturated heterocycles. The van der Waals surface area contributed by atoms with Crippen molar-refractivity contribution in [3.63, 3.8) is 0 Å². The van der Waals surface area contributed by atoms with Gasteiger partial charge in [0.1, 0.15) is 19.8 Å². The number of hydrogen-bond acceptors (Lipinski definition) is 7. The van der Waals surface area contributed by atoms with E-state index >= 15 is 0 Å². The van der Waals surface area contributed by atoms with Gasteiger partial charge in [0, 0.05) is 48.9 Å². The summed E-state index contributed by atoms with van der Waals surface area (Å²) >= 11 is 0. The van der Waals surface area contributed by atoms with Crippen LogP contribution in [0.15, 0.2) is 36.5 Å². The third-order valence-corrected chi connectivity index (χ3v) is 4.48. The molecule has 3 rings (SSSR count). The van der Waals surface area contributed by atoms with Gasteiger partial charge < -0.3 is 14.2 Å². The summed E-state index contributed by atoms with van der Waals surface area (Å²) in [6.45, 7) is 3.91. The van der Waals surface area contributed by atoms with Gasteiger partial charge in [-0.25, -0.2) is 0 Å². The summed E-state index contributed by atoms with van der Waals surface area (Å²) in [5, 5.41) is 2.57. The molecule has 0 N–H and O–H groups in total. The average Bonchev–Trinajstić information content (AvgIpc) is 2.68. The Morgan fingerprint density at radius 2 is 1.34 bits per heavy atom. The summed E-state index contributed by atoms with van der Waals surface area (Å²) < 4.78 is 15.7. The molecule has 2 aromatic carbocycles. The van der Waals surface area contributed by atoms with Gasteiger partial charge in [0.15, 0.2) is 0 Å². The van der Waals surface area contributed by atoms with Crippen molar-refractivity contribution < 1.29 is 28.6 Å². The Morgan fingerprint density at radius 3 is 2.00 bits per heavy atom. The third kappa shape index (κ3) is 4.68. The lowest BCUT2D eigenvalue weighted by molar-refractivity contribution is -0.144. The number of pyridine rings is 1. The van der Waals surface area contributed by atoms with Crippen molar-refractivity contribution in [1.82, 2.24) is 4.98 Å². The number of para-hydroxylation sites is 1. The monoisotopic (exact) mass is 395 g/mol. The summed E-state index contributed by atoms with van der Waals surface area (Å²) in [4.78, 5) is 38.7. The van der Waals surface area contributed by atoms with Crippen LogP contribution in [-0.4, -0.2) is 22.9 Å². The number of nitrogens with zero attached hydrogens (tertiary/aromatic N) is 1. The van der Waals surface area contributed by atoms with Crippen molar-refractivity contribution in [2.45, 2.75) is 40.6 Å². The molecule has 29 heavy (non-hydrogen) atoms. The SMILES string of the molecule is CC(=O)OCc1cc2c(cnc3ccccc32)c(COC(C)=O)c1COC(C)=O. The van der Waals surface area contributed by atoms with Crippen molar-refractivity contribution in [3.05, 3.63) is 53.2 Å². The molecule has 150 valence electrons. The normalized spacial score (nSPS) is 10.7. The Labute approximate surface area is 167 Å². The number of aromatic nitrogens is 1. The van der Waals surface area contributed by atoms with Gasteiger partial charge in [0.05, 0.1) is 5.52 Å². The van der Waals surface area contributed by atoms with E-state index in [1.165, 1.54) is 20.8 Å². The van der Waals surface area contributed by atoms with E-state index in [0.717, 1.165) is 21.7 Å². The molecule has 0 atom stereocenters. The summed E-state index contributed by atoms with van der Waals surface area (Å²) in [5.41, 5.74) is 2.78. The molecule has 0 fully saturated rings. The van der Waals surface area contributed by atoms with Crippen LogP contribution in [0.3, 0.4) is 0 Å². The quantitative estimate of drug-likeness (QED) is 0.358. The molecule has 0 aliphatic rings. The summed E-state index contributed by atoms with van der Waals surface area (Å²) in [5.74, 6) is -1.31. The van der Waals surface area contributed by atoms with Gasteiger partial charge in [-0.15, -0.1) is 0 Å². The van der Waals surface area contributed by atoms with Crippen LogP contribution in [-0.2, 0) is 48.4 Å². The van der Waals surface area contributed by atoms with E-state index in [0.29, 0.717) is 16.7 Å². The largest absolute Gasteiger partial charge is 0.461 e. The zero-order valence-electron chi connectivity index (χ0n) is 16.5. The summed E-state index contributed by atoms with van der Waals surface area (Å²) in [7, 11) is 0. The second-order valence-electron chi connectivity index (χ2n) is 6.57. The molecular formula is C22H21NO6. The smallest absolute Gasteiger partial charge is 0.302 e. The first kappa shape index (κ1) is 20.3. The second kappa shape index (κ2) is 8.68. The molecule has 0 spiro atoms. The molecule has 0 aliphatic carbocycles. The van der Waals surface area contributed by atoms with Gasteiger partial charge in [-0.05, 0) is 23.1 Å². The van der Waals surface area contributed by atoms with Crippen molar-refractivity contribution in [2.24, 2.45) is 0 Å². The molecule has 3 aromatic rings. The van der Waals surface area contributed by atoms with E-state index in [4.69, 9.17) is 14.2 Å². The van der Waals surface area contributed by atoms with E-state index in [1.54, 1.807) is 6.20 Å². The standard InChI is InChI=1S/C22H21NO6/c1-13(24)27-10-16-8-18-17-6-4-5-7-22(17)23-9-19(18)21(12-29-15(3)26)20(16)11-28-14(2)25/h4-9H,10-12H2,1-3H3. The maximum Gasteiger partial charge on any atom is 0.302 e. The zero-order chi connectivity index (χ0) is 21.0. The van der Waals surface area contributed by atoms with Gasteiger partial charge in [-0.3, -0.25) is 19.4 Å². The van der Waals surface area contributed by atoms with Crippen LogP contribution < -0.4 is 0 Å². The van der Waals surface area contributed by atoms with Crippen LogP contribution in [0.5, 0.6) is 0 Å². The van der Waals surface area contributed by atoms with Gasteiger partial charge >= 0.3 is 17.9 Å². The molecule has 7 heteroatoms. The van der Waals surface area contributed by atoms with E-state index in [1.807, 2.05) is 30.3 Å². The number of ether oxygens (including phenoxy) is 3. The first-order valence-corrected chi connectivity index (χ1v) is 9.08. The lowest BCUT2D eigenvalue weighted by Crippen LogP contribution is -2.11. The van der Waals surface area contributed by atoms with E-state index in [9.17, 15) is 14.4 Å². The summed E-state index contributed by atoms with van der Waals surface area (Å²) in [6, 6.07) is 9.56. The maximum atomic E-state index is 11.5. The number of carbonyl (C=O) groups is 3. The van der Waals surface area contributed by atoms with E-state index in [-0.39, 0.29) is 19.8 Å². The maximum absolute atomic E-state index is 11.5. The molecule has 0 aliphatic heterocycles. The van der Waals surface area contributed by atoms with Crippen LogP contribution in [0.4, 0.5) is 0 Å². The number of fused-ring (bicyclic) bond motifs is 3. The predicted octanol–water partition coefficient (Wildman–Crippen LogP) is 3.58. The average molecular weight is 395 g/mol.